The first-order valence-electron chi connectivity index (χ1n) is 5.38. The smallest absolute Gasteiger partial charge is 0.234 e. The van der Waals surface area contributed by atoms with E-state index in [9.17, 15) is 8.42 Å². The Labute approximate surface area is 113 Å². The molecule has 0 spiro atoms. The van der Waals surface area contributed by atoms with Crippen molar-refractivity contribution in [3.05, 3.63) is 9.98 Å². The number of sulfonamides is 1. The summed E-state index contributed by atoms with van der Waals surface area (Å²) in [5, 5.41) is 3.64. The number of anilines is 1. The summed E-state index contributed by atoms with van der Waals surface area (Å²) in [7, 11) is -3.27. The number of nitrogens with one attached hydrogen (secondary N) is 2. The van der Waals surface area contributed by atoms with Crippen LogP contribution in [-0.2, 0) is 10.0 Å². The van der Waals surface area contributed by atoms with Gasteiger partial charge in [-0.1, -0.05) is 11.3 Å². The molecule has 96 valence electrons. The van der Waals surface area contributed by atoms with E-state index in [-0.39, 0.29) is 11.7 Å². The van der Waals surface area contributed by atoms with Gasteiger partial charge in [-0.05, 0) is 47.8 Å². The molecule has 0 atom stereocenters. The van der Waals surface area contributed by atoms with E-state index in [1.807, 2.05) is 0 Å². The molecule has 1 fully saturated rings. The monoisotopic (exact) mass is 339 g/mol. The fraction of sp³-hybridized carbons (Fsp3) is 0.667. The molecule has 1 aromatic heterocycles. The average Bonchev–Trinajstić information content (AvgIpc) is 2.63. The Hall–Kier alpha value is -0.180. The summed E-state index contributed by atoms with van der Waals surface area (Å²) in [6.07, 6.45) is 3.43. The summed E-state index contributed by atoms with van der Waals surface area (Å²) in [6.45, 7) is 1.81. The minimum Gasteiger partial charge on any atom is -0.317 e. The van der Waals surface area contributed by atoms with Gasteiger partial charge in [0, 0.05) is 0 Å². The van der Waals surface area contributed by atoms with E-state index >= 15 is 0 Å². The molecule has 2 N–H and O–H groups in total. The molecule has 0 unspecified atom stereocenters. The van der Waals surface area contributed by atoms with Gasteiger partial charge in [0.25, 0.3) is 0 Å². The van der Waals surface area contributed by atoms with Crippen LogP contribution in [0.25, 0.3) is 0 Å². The van der Waals surface area contributed by atoms with Gasteiger partial charge in [-0.2, -0.15) is 0 Å². The van der Waals surface area contributed by atoms with E-state index < -0.39 is 10.0 Å². The third-order valence-corrected chi connectivity index (χ3v) is 5.57. The van der Waals surface area contributed by atoms with Gasteiger partial charge < -0.3 is 5.32 Å². The van der Waals surface area contributed by atoms with Gasteiger partial charge in [0.1, 0.15) is 0 Å². The van der Waals surface area contributed by atoms with E-state index in [4.69, 9.17) is 0 Å². The number of hydrogen-bond donors (Lipinski definition) is 2. The molecule has 5 nitrogen and oxygen atoms in total. The third kappa shape index (κ3) is 4.20. The number of nitrogens with zero attached hydrogens (tertiary/aromatic N) is 1. The third-order valence-electron chi connectivity index (χ3n) is 2.63. The zero-order chi connectivity index (χ0) is 12.3. The Morgan fingerprint density at radius 2 is 2.24 bits per heavy atom. The first-order chi connectivity index (χ1) is 8.05. The first-order valence-corrected chi connectivity index (χ1v) is 8.64. The molecule has 0 aromatic carbocycles. The molecule has 1 aliphatic heterocycles. The summed E-state index contributed by atoms with van der Waals surface area (Å²) in [5.41, 5.74) is 0. The topological polar surface area (TPSA) is 71.1 Å². The SMILES string of the molecule is O=S(=O)(CC1CCNCC1)Nc1ncc(Br)s1. The molecule has 0 aliphatic carbocycles. The molecular formula is C9H14BrN3O2S2. The van der Waals surface area contributed by atoms with Crippen LogP contribution in [0, 0.1) is 5.92 Å². The van der Waals surface area contributed by atoms with Gasteiger partial charge in [-0.3, -0.25) is 4.72 Å². The van der Waals surface area contributed by atoms with Crippen LogP contribution in [-0.4, -0.2) is 32.2 Å². The molecule has 2 heterocycles. The average molecular weight is 340 g/mol. The Balaban J connectivity index is 1.94. The number of thiazole rings is 1. The lowest BCUT2D eigenvalue weighted by Crippen LogP contribution is -2.33. The van der Waals surface area contributed by atoms with Crippen LogP contribution in [0.3, 0.4) is 0 Å². The maximum absolute atomic E-state index is 11.9. The van der Waals surface area contributed by atoms with Crippen molar-refractivity contribution in [2.75, 3.05) is 23.6 Å². The quantitative estimate of drug-likeness (QED) is 0.874. The largest absolute Gasteiger partial charge is 0.317 e. The highest BCUT2D eigenvalue weighted by atomic mass is 79.9. The van der Waals surface area contributed by atoms with Gasteiger partial charge in [-0.15, -0.1) is 0 Å². The van der Waals surface area contributed by atoms with E-state index in [1.54, 1.807) is 6.20 Å². The van der Waals surface area contributed by atoms with Crippen molar-refractivity contribution in [3.63, 3.8) is 0 Å². The van der Waals surface area contributed by atoms with Crippen LogP contribution in [0.5, 0.6) is 0 Å². The molecule has 2 rings (SSSR count). The van der Waals surface area contributed by atoms with Crippen molar-refractivity contribution in [3.8, 4) is 0 Å². The number of rotatable bonds is 4. The first kappa shape index (κ1) is 13.3. The molecule has 0 radical (unpaired) electrons. The van der Waals surface area contributed by atoms with Crippen molar-refractivity contribution in [1.82, 2.24) is 10.3 Å². The highest BCUT2D eigenvalue weighted by Gasteiger charge is 2.21. The summed E-state index contributed by atoms with van der Waals surface area (Å²) < 4.78 is 27.1. The fourth-order valence-electron chi connectivity index (χ4n) is 1.83. The summed E-state index contributed by atoms with van der Waals surface area (Å²) in [4.78, 5) is 3.96. The summed E-state index contributed by atoms with van der Waals surface area (Å²) in [6, 6.07) is 0. The lowest BCUT2D eigenvalue weighted by atomic mass is 10.0. The minimum atomic E-state index is -3.27. The van der Waals surface area contributed by atoms with Gasteiger partial charge in [0.2, 0.25) is 10.0 Å². The standard InChI is InChI=1S/C9H14BrN3O2S2/c10-8-5-12-9(16-8)13-17(14,15)6-7-1-3-11-4-2-7/h5,7,11H,1-4,6H2,(H,12,13). The van der Waals surface area contributed by atoms with Crippen LogP contribution < -0.4 is 10.0 Å². The predicted octanol–water partition coefficient (Wildman–Crippen LogP) is 1.65. The molecule has 1 aliphatic rings. The van der Waals surface area contributed by atoms with Crippen molar-refractivity contribution < 1.29 is 8.42 Å². The summed E-state index contributed by atoms with van der Waals surface area (Å²) >= 11 is 4.53. The van der Waals surface area contributed by atoms with Crippen molar-refractivity contribution in [1.29, 1.82) is 0 Å². The predicted molar refractivity (Wildman–Crippen MR) is 72.8 cm³/mol. The van der Waals surface area contributed by atoms with Crippen LogP contribution in [0.4, 0.5) is 5.13 Å². The fourth-order valence-corrected chi connectivity index (χ4v) is 4.70. The number of hydrogen-bond acceptors (Lipinski definition) is 5. The van der Waals surface area contributed by atoms with Gasteiger partial charge in [0.15, 0.2) is 5.13 Å². The Bertz CT molecular complexity index is 468. The molecule has 0 bridgehead atoms. The Kier molecular flexibility index (Phi) is 4.40. The van der Waals surface area contributed by atoms with E-state index in [1.165, 1.54) is 11.3 Å². The lowest BCUT2D eigenvalue weighted by Gasteiger charge is -2.22. The molecular weight excluding hydrogens is 326 g/mol. The second-order valence-corrected chi connectivity index (χ2v) is 8.22. The van der Waals surface area contributed by atoms with Gasteiger partial charge in [-0.25, -0.2) is 13.4 Å². The van der Waals surface area contributed by atoms with Gasteiger partial charge in [0.05, 0.1) is 15.7 Å². The summed E-state index contributed by atoms with van der Waals surface area (Å²) in [5.74, 6) is 0.434. The Morgan fingerprint density at radius 1 is 1.53 bits per heavy atom. The highest BCUT2D eigenvalue weighted by Crippen LogP contribution is 2.24. The Morgan fingerprint density at radius 3 is 2.82 bits per heavy atom. The second kappa shape index (κ2) is 5.64. The molecule has 0 saturated carbocycles. The maximum atomic E-state index is 11.9. The lowest BCUT2D eigenvalue weighted by molar-refractivity contribution is 0.402. The zero-order valence-corrected chi connectivity index (χ0v) is 12.4. The van der Waals surface area contributed by atoms with Crippen molar-refractivity contribution in [2.45, 2.75) is 12.8 Å². The molecule has 1 aromatic rings. The van der Waals surface area contributed by atoms with Crippen LogP contribution in [0.15, 0.2) is 9.98 Å². The van der Waals surface area contributed by atoms with E-state index in [0.29, 0.717) is 5.13 Å². The van der Waals surface area contributed by atoms with E-state index in [0.717, 1.165) is 29.7 Å². The van der Waals surface area contributed by atoms with Crippen LogP contribution >= 0.6 is 27.3 Å². The van der Waals surface area contributed by atoms with Crippen LogP contribution in [0.2, 0.25) is 0 Å². The van der Waals surface area contributed by atoms with Gasteiger partial charge >= 0.3 is 0 Å². The van der Waals surface area contributed by atoms with Crippen LogP contribution in [0.1, 0.15) is 12.8 Å². The zero-order valence-electron chi connectivity index (χ0n) is 9.15. The number of piperidine rings is 1. The minimum absolute atomic E-state index is 0.186. The second-order valence-electron chi connectivity index (χ2n) is 4.05. The number of halogens is 1. The molecule has 17 heavy (non-hydrogen) atoms. The molecule has 8 heteroatoms. The molecule has 1 saturated heterocycles. The highest BCUT2D eigenvalue weighted by molar-refractivity contribution is 9.11. The normalized spacial score (nSPS) is 18.2. The van der Waals surface area contributed by atoms with Crippen molar-refractivity contribution >= 4 is 42.4 Å². The van der Waals surface area contributed by atoms with E-state index in [2.05, 4.69) is 31.0 Å². The van der Waals surface area contributed by atoms with Crippen molar-refractivity contribution in [2.24, 2.45) is 5.92 Å². The molecule has 0 amide bonds. The maximum Gasteiger partial charge on any atom is 0.234 e. The number of aromatic nitrogens is 1.